The van der Waals surface area contributed by atoms with E-state index in [4.69, 9.17) is 23.2 Å². The number of rotatable bonds is 3. The molecule has 0 aromatic heterocycles. The van der Waals surface area contributed by atoms with Crippen LogP contribution in [-0.2, 0) is 9.59 Å². The van der Waals surface area contributed by atoms with E-state index in [9.17, 15) is 9.59 Å². The van der Waals surface area contributed by atoms with Gasteiger partial charge in [0.05, 0.1) is 0 Å². The maximum absolute atomic E-state index is 12.1. The standard InChI is InChI=1S/C15H15Cl2N3O2S/c16-9-5-10(17)7-11(6-9)18-13(21)8-12-14(22)19-15(23-12)20-3-1-2-4-20/h5-7,12H,1-4,8H2,(H,18,21)/t12-/m1/s1. The summed E-state index contributed by atoms with van der Waals surface area (Å²) in [7, 11) is 0. The number of carbonyl (C=O) groups excluding carboxylic acids is 2. The summed E-state index contributed by atoms with van der Waals surface area (Å²) in [5.74, 6) is -0.497. The van der Waals surface area contributed by atoms with Gasteiger partial charge < -0.3 is 10.2 Å². The van der Waals surface area contributed by atoms with Gasteiger partial charge in [0.25, 0.3) is 5.91 Å². The van der Waals surface area contributed by atoms with Gasteiger partial charge in [-0.15, -0.1) is 0 Å². The van der Waals surface area contributed by atoms with Crippen LogP contribution in [-0.4, -0.2) is 40.2 Å². The number of halogens is 2. The van der Waals surface area contributed by atoms with Crippen LogP contribution in [0.3, 0.4) is 0 Å². The van der Waals surface area contributed by atoms with Crippen LogP contribution in [0.2, 0.25) is 10.0 Å². The number of hydrogen-bond acceptors (Lipinski definition) is 4. The Hall–Kier alpha value is -1.24. The summed E-state index contributed by atoms with van der Waals surface area (Å²) in [6.45, 7) is 1.86. The number of amidine groups is 1. The molecule has 1 aromatic carbocycles. The second-order valence-corrected chi connectivity index (χ2v) is 7.49. The lowest BCUT2D eigenvalue weighted by Gasteiger charge is -2.16. The van der Waals surface area contributed by atoms with Crippen molar-refractivity contribution in [1.82, 2.24) is 4.90 Å². The van der Waals surface area contributed by atoms with Gasteiger partial charge in [-0.3, -0.25) is 9.59 Å². The molecule has 1 saturated heterocycles. The van der Waals surface area contributed by atoms with Gasteiger partial charge in [0.1, 0.15) is 5.25 Å². The number of aliphatic imine (C=N–C) groups is 1. The van der Waals surface area contributed by atoms with Gasteiger partial charge in [0.15, 0.2) is 5.17 Å². The largest absolute Gasteiger partial charge is 0.351 e. The molecule has 0 radical (unpaired) electrons. The second kappa shape index (κ2) is 7.11. The monoisotopic (exact) mass is 371 g/mol. The van der Waals surface area contributed by atoms with Crippen LogP contribution in [0.5, 0.6) is 0 Å². The minimum absolute atomic E-state index is 0.0778. The van der Waals surface area contributed by atoms with Crippen LogP contribution in [0.25, 0.3) is 0 Å². The third kappa shape index (κ3) is 4.19. The van der Waals surface area contributed by atoms with Crippen molar-refractivity contribution in [2.24, 2.45) is 4.99 Å². The lowest BCUT2D eigenvalue weighted by Crippen LogP contribution is -2.25. The first-order chi connectivity index (χ1) is 11.0. The first kappa shape index (κ1) is 16.6. The smallest absolute Gasteiger partial charge is 0.262 e. The molecule has 122 valence electrons. The lowest BCUT2D eigenvalue weighted by atomic mass is 10.2. The fraction of sp³-hybridized carbons (Fsp3) is 0.400. The van der Waals surface area contributed by atoms with Crippen molar-refractivity contribution in [2.75, 3.05) is 18.4 Å². The van der Waals surface area contributed by atoms with Crippen LogP contribution < -0.4 is 5.32 Å². The number of thioether (sulfide) groups is 1. The van der Waals surface area contributed by atoms with Crippen LogP contribution in [0.15, 0.2) is 23.2 Å². The Morgan fingerprint density at radius 2 is 1.91 bits per heavy atom. The van der Waals surface area contributed by atoms with Crippen LogP contribution >= 0.6 is 35.0 Å². The summed E-state index contributed by atoms with van der Waals surface area (Å²) in [6.07, 6.45) is 2.32. The quantitative estimate of drug-likeness (QED) is 0.883. The van der Waals surface area contributed by atoms with E-state index in [1.165, 1.54) is 11.8 Å². The molecule has 23 heavy (non-hydrogen) atoms. The highest BCUT2D eigenvalue weighted by Crippen LogP contribution is 2.29. The molecular formula is C15H15Cl2N3O2S. The summed E-state index contributed by atoms with van der Waals surface area (Å²) >= 11 is 13.2. The molecule has 1 N–H and O–H groups in total. The molecule has 8 heteroatoms. The van der Waals surface area contributed by atoms with E-state index < -0.39 is 5.25 Å². The molecule has 1 aromatic rings. The molecule has 0 spiro atoms. The topological polar surface area (TPSA) is 61.8 Å². The van der Waals surface area contributed by atoms with Gasteiger partial charge in [-0.05, 0) is 31.0 Å². The highest BCUT2D eigenvalue weighted by atomic mass is 35.5. The van der Waals surface area contributed by atoms with Gasteiger partial charge in [-0.1, -0.05) is 35.0 Å². The molecule has 0 bridgehead atoms. The van der Waals surface area contributed by atoms with Gasteiger partial charge >= 0.3 is 0 Å². The Kier molecular flexibility index (Phi) is 5.14. The number of benzene rings is 1. The van der Waals surface area contributed by atoms with Crippen molar-refractivity contribution < 1.29 is 9.59 Å². The molecule has 5 nitrogen and oxygen atoms in total. The molecular weight excluding hydrogens is 357 g/mol. The molecule has 1 fully saturated rings. The first-order valence-electron chi connectivity index (χ1n) is 7.31. The average molecular weight is 372 g/mol. The highest BCUT2D eigenvalue weighted by molar-refractivity contribution is 8.15. The zero-order valence-electron chi connectivity index (χ0n) is 12.2. The molecule has 0 unspecified atom stereocenters. The fourth-order valence-corrected chi connectivity index (χ4v) is 4.20. The van der Waals surface area contributed by atoms with E-state index in [0.29, 0.717) is 15.7 Å². The summed E-state index contributed by atoms with van der Waals surface area (Å²) < 4.78 is 0. The number of likely N-dealkylation sites (tertiary alicyclic amines) is 1. The van der Waals surface area contributed by atoms with Crippen molar-refractivity contribution in [2.45, 2.75) is 24.5 Å². The maximum Gasteiger partial charge on any atom is 0.262 e. The Bertz CT molecular complexity index is 654. The normalized spacial score (nSPS) is 20.8. The molecule has 3 rings (SSSR count). The second-order valence-electron chi connectivity index (χ2n) is 5.44. The van der Waals surface area contributed by atoms with E-state index in [2.05, 4.69) is 15.2 Å². The summed E-state index contributed by atoms with van der Waals surface area (Å²) in [5, 5.41) is 3.89. The number of carbonyl (C=O) groups is 2. The third-order valence-corrected chi connectivity index (χ3v) is 5.27. The fourth-order valence-electron chi connectivity index (χ4n) is 2.56. The van der Waals surface area contributed by atoms with Gasteiger partial charge in [-0.25, -0.2) is 0 Å². The Balaban J connectivity index is 1.57. The van der Waals surface area contributed by atoms with Crippen LogP contribution in [0.1, 0.15) is 19.3 Å². The van der Waals surface area contributed by atoms with Gasteiger partial charge in [0, 0.05) is 35.2 Å². The zero-order valence-corrected chi connectivity index (χ0v) is 14.5. The van der Waals surface area contributed by atoms with Crippen molar-refractivity contribution >= 4 is 57.6 Å². The predicted molar refractivity (Wildman–Crippen MR) is 94.3 cm³/mol. The zero-order chi connectivity index (χ0) is 16.4. The van der Waals surface area contributed by atoms with Crippen molar-refractivity contribution in [3.05, 3.63) is 28.2 Å². The number of anilines is 1. The Morgan fingerprint density at radius 3 is 2.57 bits per heavy atom. The van der Waals surface area contributed by atoms with E-state index >= 15 is 0 Å². The lowest BCUT2D eigenvalue weighted by molar-refractivity contribution is -0.121. The number of nitrogens with one attached hydrogen (secondary N) is 1. The maximum atomic E-state index is 12.1. The van der Waals surface area contributed by atoms with Gasteiger partial charge in [-0.2, -0.15) is 4.99 Å². The Labute approximate surface area is 148 Å². The molecule has 2 heterocycles. The van der Waals surface area contributed by atoms with Crippen LogP contribution in [0, 0.1) is 0 Å². The van der Waals surface area contributed by atoms with Gasteiger partial charge in [0.2, 0.25) is 5.91 Å². The summed E-state index contributed by atoms with van der Waals surface area (Å²) in [5.41, 5.74) is 0.517. The molecule has 2 aliphatic rings. The minimum Gasteiger partial charge on any atom is -0.351 e. The van der Waals surface area contributed by atoms with Crippen molar-refractivity contribution in [3.8, 4) is 0 Å². The SMILES string of the molecule is O=C(C[C@H]1SC(N2CCCC2)=NC1=O)Nc1cc(Cl)cc(Cl)c1. The molecule has 2 aliphatic heterocycles. The molecule has 2 amide bonds. The number of nitrogens with zero attached hydrogens (tertiary/aromatic N) is 2. The number of amides is 2. The number of hydrogen-bond donors (Lipinski definition) is 1. The molecule has 0 aliphatic carbocycles. The van der Waals surface area contributed by atoms with E-state index in [-0.39, 0.29) is 18.2 Å². The predicted octanol–water partition coefficient (Wildman–Crippen LogP) is 3.42. The summed E-state index contributed by atoms with van der Waals surface area (Å²) in [6, 6.07) is 4.81. The first-order valence-corrected chi connectivity index (χ1v) is 8.95. The Morgan fingerprint density at radius 1 is 1.26 bits per heavy atom. The molecule has 0 saturated carbocycles. The average Bonchev–Trinajstić information content (AvgIpc) is 3.08. The van der Waals surface area contributed by atoms with E-state index in [0.717, 1.165) is 31.1 Å². The van der Waals surface area contributed by atoms with E-state index in [1.54, 1.807) is 18.2 Å². The minimum atomic E-state index is -0.458. The summed E-state index contributed by atoms with van der Waals surface area (Å²) in [4.78, 5) is 30.3. The van der Waals surface area contributed by atoms with Crippen molar-refractivity contribution in [1.29, 1.82) is 0 Å². The van der Waals surface area contributed by atoms with Crippen molar-refractivity contribution in [3.63, 3.8) is 0 Å². The highest BCUT2D eigenvalue weighted by Gasteiger charge is 2.33. The van der Waals surface area contributed by atoms with E-state index in [1.807, 2.05) is 0 Å². The van der Waals surface area contributed by atoms with Crippen LogP contribution in [0.4, 0.5) is 5.69 Å². The third-order valence-electron chi connectivity index (χ3n) is 3.62. The molecule has 1 atom stereocenters.